The number of nitrogens with two attached hydrogens (primary N) is 1. The molecule has 122 valence electrons. The van der Waals surface area contributed by atoms with Crippen molar-refractivity contribution in [2.75, 3.05) is 33.9 Å². The second kappa shape index (κ2) is 7.35. The van der Waals surface area contributed by atoms with E-state index in [0.717, 1.165) is 30.8 Å². The van der Waals surface area contributed by atoms with Gasteiger partial charge in [0, 0.05) is 18.5 Å². The molecule has 0 aliphatic carbocycles. The first-order chi connectivity index (χ1) is 10.5. The van der Waals surface area contributed by atoms with Crippen molar-refractivity contribution >= 4 is 6.03 Å². The number of piperidine rings is 1. The van der Waals surface area contributed by atoms with Crippen LogP contribution in [-0.2, 0) is 0 Å². The van der Waals surface area contributed by atoms with E-state index in [1.54, 1.807) is 7.11 Å². The smallest absolute Gasteiger partial charge is 0.312 e. The number of carbonyl (C=O) groups is 1. The van der Waals surface area contributed by atoms with Gasteiger partial charge in [0.25, 0.3) is 0 Å². The second-order valence-corrected chi connectivity index (χ2v) is 5.62. The summed E-state index contributed by atoms with van der Waals surface area (Å²) in [4.78, 5) is 13.5. The summed E-state index contributed by atoms with van der Waals surface area (Å²) in [5, 5.41) is 2.87. The molecule has 2 atom stereocenters. The van der Waals surface area contributed by atoms with Crippen LogP contribution in [-0.4, -0.2) is 50.8 Å². The molecular formula is C16H25N3O3. The number of hydrogen-bond donors (Lipinski definition) is 2. The van der Waals surface area contributed by atoms with Gasteiger partial charge >= 0.3 is 6.03 Å². The lowest BCUT2D eigenvalue weighted by atomic mass is 9.86. The van der Waals surface area contributed by atoms with Crippen molar-refractivity contribution in [2.45, 2.75) is 25.3 Å². The SMILES string of the molecule is CCOc1cc([C@@H]2CN(C)CC[C@@H]2NC(N)=O)ccc1OC. The predicted octanol–water partition coefficient (Wildman–Crippen LogP) is 1.55. The van der Waals surface area contributed by atoms with Crippen LogP contribution in [0.3, 0.4) is 0 Å². The number of primary amides is 1. The maximum atomic E-state index is 11.2. The van der Waals surface area contributed by atoms with Crippen molar-refractivity contribution in [2.24, 2.45) is 5.73 Å². The third-order valence-corrected chi connectivity index (χ3v) is 4.06. The van der Waals surface area contributed by atoms with Gasteiger partial charge in [0.2, 0.25) is 0 Å². The Morgan fingerprint density at radius 1 is 1.45 bits per heavy atom. The number of hydrogen-bond acceptors (Lipinski definition) is 4. The average molecular weight is 307 g/mol. The summed E-state index contributed by atoms with van der Waals surface area (Å²) in [5.74, 6) is 1.62. The van der Waals surface area contributed by atoms with E-state index in [4.69, 9.17) is 15.2 Å². The maximum absolute atomic E-state index is 11.2. The highest BCUT2D eigenvalue weighted by Gasteiger charge is 2.30. The van der Waals surface area contributed by atoms with E-state index < -0.39 is 6.03 Å². The minimum atomic E-state index is -0.474. The fourth-order valence-electron chi connectivity index (χ4n) is 3.00. The Balaban J connectivity index is 2.29. The van der Waals surface area contributed by atoms with Crippen LogP contribution < -0.4 is 20.5 Å². The summed E-state index contributed by atoms with van der Waals surface area (Å²) in [5.41, 5.74) is 6.43. The summed E-state index contributed by atoms with van der Waals surface area (Å²) in [6, 6.07) is 5.51. The number of nitrogens with zero attached hydrogens (tertiary/aromatic N) is 1. The molecule has 1 aliphatic rings. The topological polar surface area (TPSA) is 76.8 Å². The van der Waals surface area contributed by atoms with Crippen molar-refractivity contribution in [3.8, 4) is 11.5 Å². The van der Waals surface area contributed by atoms with Gasteiger partial charge in [-0.2, -0.15) is 0 Å². The Bertz CT molecular complexity index is 521. The summed E-state index contributed by atoms with van der Waals surface area (Å²) >= 11 is 0. The van der Waals surface area contributed by atoms with Crippen LogP contribution in [0.15, 0.2) is 18.2 Å². The van der Waals surface area contributed by atoms with E-state index in [1.165, 1.54) is 0 Å². The van der Waals surface area contributed by atoms with Crippen LogP contribution in [0, 0.1) is 0 Å². The molecule has 0 spiro atoms. The van der Waals surface area contributed by atoms with E-state index >= 15 is 0 Å². The molecule has 22 heavy (non-hydrogen) atoms. The van der Waals surface area contributed by atoms with Gasteiger partial charge in [0.15, 0.2) is 11.5 Å². The molecular weight excluding hydrogens is 282 g/mol. The molecule has 1 aromatic carbocycles. The van der Waals surface area contributed by atoms with Crippen LogP contribution in [0.4, 0.5) is 4.79 Å². The highest BCUT2D eigenvalue weighted by Crippen LogP contribution is 2.34. The molecule has 1 aliphatic heterocycles. The summed E-state index contributed by atoms with van der Waals surface area (Å²) < 4.78 is 11.0. The molecule has 0 saturated carbocycles. The van der Waals surface area contributed by atoms with Crippen molar-refractivity contribution in [3.05, 3.63) is 23.8 Å². The predicted molar refractivity (Wildman–Crippen MR) is 85.5 cm³/mol. The van der Waals surface area contributed by atoms with Gasteiger partial charge in [-0.15, -0.1) is 0 Å². The first-order valence-electron chi connectivity index (χ1n) is 7.60. The molecule has 0 bridgehead atoms. The lowest BCUT2D eigenvalue weighted by Crippen LogP contribution is -2.50. The standard InChI is InChI=1S/C16H25N3O3/c1-4-22-15-9-11(5-6-14(15)21-3)12-10-19(2)8-7-13(12)18-16(17)20/h5-6,9,12-13H,4,7-8,10H2,1-3H3,(H3,17,18,20)/t12-,13-/m0/s1. The van der Waals surface area contributed by atoms with Gasteiger partial charge < -0.3 is 25.4 Å². The van der Waals surface area contributed by atoms with Crippen LogP contribution in [0.2, 0.25) is 0 Å². The quantitative estimate of drug-likeness (QED) is 0.865. The average Bonchev–Trinajstić information content (AvgIpc) is 2.49. The Labute approximate surface area is 131 Å². The Hall–Kier alpha value is -1.95. The van der Waals surface area contributed by atoms with Crippen LogP contribution >= 0.6 is 0 Å². The number of ether oxygens (including phenoxy) is 2. The molecule has 1 fully saturated rings. The number of nitrogens with one attached hydrogen (secondary N) is 1. The zero-order valence-electron chi connectivity index (χ0n) is 13.5. The number of likely N-dealkylation sites (tertiary alicyclic amines) is 1. The molecule has 0 unspecified atom stereocenters. The lowest BCUT2D eigenvalue weighted by Gasteiger charge is -2.37. The molecule has 1 heterocycles. The van der Waals surface area contributed by atoms with Gasteiger partial charge in [0.05, 0.1) is 13.7 Å². The number of carbonyl (C=O) groups excluding carboxylic acids is 1. The number of amides is 2. The summed E-state index contributed by atoms with van der Waals surface area (Å²) in [7, 11) is 3.71. The largest absolute Gasteiger partial charge is 0.493 e. The van der Waals surface area contributed by atoms with E-state index in [9.17, 15) is 4.79 Å². The van der Waals surface area contributed by atoms with Gasteiger partial charge in [-0.1, -0.05) is 6.07 Å². The highest BCUT2D eigenvalue weighted by atomic mass is 16.5. The number of rotatable bonds is 5. The molecule has 0 radical (unpaired) electrons. The molecule has 3 N–H and O–H groups in total. The summed E-state index contributed by atoms with van der Waals surface area (Å²) in [6.07, 6.45) is 0.875. The molecule has 6 heteroatoms. The molecule has 2 rings (SSSR count). The van der Waals surface area contributed by atoms with Crippen LogP contribution in [0.1, 0.15) is 24.8 Å². The van der Waals surface area contributed by atoms with Gasteiger partial charge in [-0.3, -0.25) is 0 Å². The van der Waals surface area contributed by atoms with E-state index in [0.29, 0.717) is 12.4 Å². The third-order valence-electron chi connectivity index (χ3n) is 4.06. The maximum Gasteiger partial charge on any atom is 0.312 e. The van der Waals surface area contributed by atoms with Gasteiger partial charge in [-0.25, -0.2) is 4.79 Å². The van der Waals surface area contributed by atoms with E-state index in [2.05, 4.69) is 17.3 Å². The fourth-order valence-corrected chi connectivity index (χ4v) is 3.00. The Kier molecular flexibility index (Phi) is 5.49. The van der Waals surface area contributed by atoms with Crippen molar-refractivity contribution in [1.82, 2.24) is 10.2 Å². The Morgan fingerprint density at radius 3 is 2.86 bits per heavy atom. The Morgan fingerprint density at radius 2 is 2.23 bits per heavy atom. The van der Waals surface area contributed by atoms with E-state index in [-0.39, 0.29) is 12.0 Å². The molecule has 1 aromatic rings. The minimum Gasteiger partial charge on any atom is -0.493 e. The normalized spacial score (nSPS) is 22.1. The van der Waals surface area contributed by atoms with Gasteiger partial charge in [-0.05, 0) is 44.6 Å². The van der Waals surface area contributed by atoms with Crippen LogP contribution in [0.25, 0.3) is 0 Å². The second-order valence-electron chi connectivity index (χ2n) is 5.62. The monoisotopic (exact) mass is 307 g/mol. The summed E-state index contributed by atoms with van der Waals surface area (Å²) in [6.45, 7) is 4.32. The third kappa shape index (κ3) is 3.82. The number of benzene rings is 1. The molecule has 0 aromatic heterocycles. The van der Waals surface area contributed by atoms with Crippen molar-refractivity contribution < 1.29 is 14.3 Å². The first-order valence-corrected chi connectivity index (χ1v) is 7.60. The molecule has 2 amide bonds. The number of likely N-dealkylation sites (N-methyl/N-ethyl adjacent to an activating group) is 1. The highest BCUT2D eigenvalue weighted by molar-refractivity contribution is 5.72. The molecule has 1 saturated heterocycles. The minimum absolute atomic E-state index is 0.0385. The fraction of sp³-hybridized carbons (Fsp3) is 0.562. The van der Waals surface area contributed by atoms with E-state index in [1.807, 2.05) is 25.1 Å². The van der Waals surface area contributed by atoms with Gasteiger partial charge in [0.1, 0.15) is 0 Å². The first kappa shape index (κ1) is 16.4. The van der Waals surface area contributed by atoms with Crippen LogP contribution in [0.5, 0.6) is 11.5 Å². The van der Waals surface area contributed by atoms with Crippen molar-refractivity contribution in [3.63, 3.8) is 0 Å². The zero-order chi connectivity index (χ0) is 16.1. The molecule has 6 nitrogen and oxygen atoms in total. The van der Waals surface area contributed by atoms with Crippen molar-refractivity contribution in [1.29, 1.82) is 0 Å². The number of urea groups is 1. The number of methoxy groups -OCH3 is 1. The zero-order valence-corrected chi connectivity index (χ0v) is 13.5. The lowest BCUT2D eigenvalue weighted by molar-refractivity contribution is 0.200.